The standard InChI is InChI=1S/C13H22N6O2/c1-13(2)12(20)18(3)5-6-19(13)11-7-9(17-14)15-10(16-11)8-21-4/h7H,5-6,8,14H2,1-4H3,(H,15,16,17). The number of nitrogens with one attached hydrogen (secondary N) is 1. The number of hydrogen-bond acceptors (Lipinski definition) is 7. The summed E-state index contributed by atoms with van der Waals surface area (Å²) in [6.07, 6.45) is 0. The summed E-state index contributed by atoms with van der Waals surface area (Å²) >= 11 is 0. The number of hydrogen-bond donors (Lipinski definition) is 2. The average Bonchev–Trinajstić information content (AvgIpc) is 2.45. The highest BCUT2D eigenvalue weighted by molar-refractivity contribution is 5.90. The number of carbonyl (C=O) groups excluding carboxylic acids is 1. The van der Waals surface area contributed by atoms with Crippen molar-refractivity contribution in [3.05, 3.63) is 11.9 Å². The van der Waals surface area contributed by atoms with E-state index in [4.69, 9.17) is 10.6 Å². The predicted octanol–water partition coefficient (Wildman–Crippen LogP) is -0.0344. The van der Waals surface area contributed by atoms with Gasteiger partial charge in [-0.15, -0.1) is 0 Å². The zero-order valence-corrected chi connectivity index (χ0v) is 12.9. The van der Waals surface area contributed by atoms with E-state index >= 15 is 0 Å². The van der Waals surface area contributed by atoms with Crippen LogP contribution in [0.3, 0.4) is 0 Å². The van der Waals surface area contributed by atoms with E-state index in [1.807, 2.05) is 25.8 Å². The van der Waals surface area contributed by atoms with Gasteiger partial charge in [0.15, 0.2) is 5.82 Å². The molecule has 2 heterocycles. The number of ether oxygens (including phenoxy) is 1. The SMILES string of the molecule is COCc1nc(NN)cc(N2CCN(C)C(=O)C2(C)C)n1. The van der Waals surface area contributed by atoms with Crippen molar-refractivity contribution >= 4 is 17.5 Å². The molecule has 116 valence electrons. The van der Waals surface area contributed by atoms with Gasteiger partial charge in [0.2, 0.25) is 5.91 Å². The first-order valence-electron chi connectivity index (χ1n) is 6.77. The van der Waals surface area contributed by atoms with Crippen LogP contribution >= 0.6 is 0 Å². The Balaban J connectivity index is 2.40. The Labute approximate surface area is 124 Å². The highest BCUT2D eigenvalue weighted by Gasteiger charge is 2.41. The number of aromatic nitrogens is 2. The fourth-order valence-corrected chi connectivity index (χ4v) is 2.50. The third-order valence-electron chi connectivity index (χ3n) is 3.66. The molecule has 8 heteroatoms. The number of carbonyl (C=O) groups is 1. The third-order valence-corrected chi connectivity index (χ3v) is 3.66. The van der Waals surface area contributed by atoms with E-state index in [1.165, 1.54) is 0 Å². The maximum atomic E-state index is 12.4. The minimum atomic E-state index is -0.669. The van der Waals surface area contributed by atoms with Crippen molar-refractivity contribution in [3.63, 3.8) is 0 Å². The molecule has 0 spiro atoms. The number of hydrazine groups is 1. The lowest BCUT2D eigenvalue weighted by atomic mass is 9.98. The Hall–Kier alpha value is -1.93. The van der Waals surface area contributed by atoms with Crippen LogP contribution in [-0.4, -0.2) is 53.6 Å². The lowest BCUT2D eigenvalue weighted by Crippen LogP contribution is -2.62. The maximum Gasteiger partial charge on any atom is 0.247 e. The molecule has 2 rings (SSSR count). The first kappa shape index (κ1) is 15.5. The van der Waals surface area contributed by atoms with Gasteiger partial charge in [0.05, 0.1) is 0 Å². The highest BCUT2D eigenvalue weighted by Crippen LogP contribution is 2.28. The Morgan fingerprint density at radius 3 is 2.76 bits per heavy atom. The molecule has 0 radical (unpaired) electrons. The van der Waals surface area contributed by atoms with Crippen molar-refractivity contribution in [2.75, 3.05) is 37.6 Å². The first-order valence-corrected chi connectivity index (χ1v) is 6.77. The molecule has 0 aromatic carbocycles. The fourth-order valence-electron chi connectivity index (χ4n) is 2.50. The number of nitrogen functional groups attached to an aromatic ring is 1. The zero-order chi connectivity index (χ0) is 15.6. The van der Waals surface area contributed by atoms with E-state index in [0.717, 1.165) is 0 Å². The van der Waals surface area contributed by atoms with Gasteiger partial charge in [-0.1, -0.05) is 0 Å². The Morgan fingerprint density at radius 1 is 1.43 bits per heavy atom. The van der Waals surface area contributed by atoms with Crippen molar-refractivity contribution in [2.45, 2.75) is 26.0 Å². The third kappa shape index (κ3) is 2.91. The molecule has 0 bridgehead atoms. The lowest BCUT2D eigenvalue weighted by molar-refractivity contribution is -0.136. The molecule has 1 aliphatic heterocycles. The molecule has 0 unspecified atom stereocenters. The second kappa shape index (κ2) is 5.82. The minimum absolute atomic E-state index is 0.0583. The molecule has 3 N–H and O–H groups in total. The van der Waals surface area contributed by atoms with Gasteiger partial charge in [0.1, 0.15) is 23.8 Å². The topological polar surface area (TPSA) is 96.6 Å². The van der Waals surface area contributed by atoms with E-state index in [9.17, 15) is 4.79 Å². The molecule has 0 aliphatic carbocycles. The molecule has 0 atom stereocenters. The van der Waals surface area contributed by atoms with Crippen LogP contribution < -0.4 is 16.2 Å². The molecule has 1 aromatic heterocycles. The number of methoxy groups -OCH3 is 1. The molecule has 1 saturated heterocycles. The summed E-state index contributed by atoms with van der Waals surface area (Å²) in [5.74, 6) is 7.19. The summed E-state index contributed by atoms with van der Waals surface area (Å²) < 4.78 is 5.07. The summed E-state index contributed by atoms with van der Waals surface area (Å²) in [6.45, 7) is 5.40. The molecule has 0 saturated carbocycles. The number of piperazine rings is 1. The summed E-state index contributed by atoms with van der Waals surface area (Å²) in [6, 6.07) is 1.74. The van der Waals surface area contributed by atoms with Crippen LogP contribution in [0.1, 0.15) is 19.7 Å². The monoisotopic (exact) mass is 294 g/mol. The van der Waals surface area contributed by atoms with E-state index < -0.39 is 5.54 Å². The van der Waals surface area contributed by atoms with E-state index in [1.54, 1.807) is 18.1 Å². The molecule has 21 heavy (non-hydrogen) atoms. The Morgan fingerprint density at radius 2 is 2.14 bits per heavy atom. The van der Waals surface area contributed by atoms with Crippen LogP contribution in [0.4, 0.5) is 11.6 Å². The van der Waals surface area contributed by atoms with Gasteiger partial charge < -0.3 is 20.0 Å². The van der Waals surface area contributed by atoms with Gasteiger partial charge >= 0.3 is 0 Å². The first-order chi connectivity index (χ1) is 9.90. The maximum absolute atomic E-state index is 12.4. The Kier molecular flexibility index (Phi) is 4.29. The second-order valence-electron chi connectivity index (χ2n) is 5.54. The van der Waals surface area contributed by atoms with Crippen molar-refractivity contribution in [3.8, 4) is 0 Å². The predicted molar refractivity (Wildman–Crippen MR) is 79.6 cm³/mol. The normalized spacial score (nSPS) is 18.0. The molecular weight excluding hydrogens is 272 g/mol. The number of rotatable bonds is 4. The van der Waals surface area contributed by atoms with Crippen LogP contribution in [0, 0.1) is 0 Å². The van der Waals surface area contributed by atoms with Crippen molar-refractivity contribution in [2.24, 2.45) is 5.84 Å². The number of likely N-dealkylation sites (N-methyl/N-ethyl adjacent to an activating group) is 1. The summed E-state index contributed by atoms with van der Waals surface area (Å²) in [4.78, 5) is 24.8. The fraction of sp³-hybridized carbons (Fsp3) is 0.615. The van der Waals surface area contributed by atoms with Crippen molar-refractivity contribution in [1.29, 1.82) is 0 Å². The molecule has 1 fully saturated rings. The largest absolute Gasteiger partial charge is 0.377 e. The molecule has 1 aliphatic rings. The molecule has 8 nitrogen and oxygen atoms in total. The van der Waals surface area contributed by atoms with E-state index in [-0.39, 0.29) is 12.5 Å². The second-order valence-corrected chi connectivity index (χ2v) is 5.54. The quantitative estimate of drug-likeness (QED) is 0.594. The van der Waals surface area contributed by atoms with Crippen LogP contribution in [0.15, 0.2) is 6.07 Å². The molecular formula is C13H22N6O2. The molecule has 1 amide bonds. The van der Waals surface area contributed by atoms with Gasteiger partial charge in [-0.2, -0.15) is 0 Å². The van der Waals surface area contributed by atoms with Gasteiger partial charge in [0, 0.05) is 33.3 Å². The van der Waals surface area contributed by atoms with Gasteiger partial charge in [-0.25, -0.2) is 15.8 Å². The van der Waals surface area contributed by atoms with Gasteiger partial charge in [-0.3, -0.25) is 4.79 Å². The summed E-state index contributed by atoms with van der Waals surface area (Å²) in [5, 5.41) is 0. The Bertz CT molecular complexity index is 533. The smallest absolute Gasteiger partial charge is 0.247 e. The van der Waals surface area contributed by atoms with Gasteiger partial charge in [0.25, 0.3) is 0 Å². The van der Waals surface area contributed by atoms with Gasteiger partial charge in [-0.05, 0) is 13.8 Å². The summed E-state index contributed by atoms with van der Waals surface area (Å²) in [7, 11) is 3.39. The number of amides is 1. The lowest BCUT2D eigenvalue weighted by Gasteiger charge is -2.45. The van der Waals surface area contributed by atoms with Crippen LogP contribution in [0.25, 0.3) is 0 Å². The summed E-state index contributed by atoms with van der Waals surface area (Å²) in [5.41, 5.74) is 1.85. The number of anilines is 2. The van der Waals surface area contributed by atoms with Crippen molar-refractivity contribution in [1.82, 2.24) is 14.9 Å². The minimum Gasteiger partial charge on any atom is -0.377 e. The number of nitrogens with two attached hydrogens (primary N) is 1. The van der Waals surface area contributed by atoms with E-state index in [0.29, 0.717) is 30.5 Å². The number of nitrogens with zero attached hydrogens (tertiary/aromatic N) is 4. The van der Waals surface area contributed by atoms with E-state index in [2.05, 4.69) is 15.4 Å². The van der Waals surface area contributed by atoms with Crippen LogP contribution in [-0.2, 0) is 16.1 Å². The van der Waals surface area contributed by atoms with Crippen LogP contribution in [0.5, 0.6) is 0 Å². The van der Waals surface area contributed by atoms with Crippen LogP contribution in [0.2, 0.25) is 0 Å². The molecule has 1 aromatic rings. The zero-order valence-electron chi connectivity index (χ0n) is 12.9. The highest BCUT2D eigenvalue weighted by atomic mass is 16.5. The average molecular weight is 294 g/mol. The van der Waals surface area contributed by atoms with Crippen molar-refractivity contribution < 1.29 is 9.53 Å².